The molecule has 3 heterocycles. The first-order valence-corrected chi connectivity index (χ1v) is 6.20. The Bertz CT molecular complexity index is 578. The standard InChI is InChI=1S/C11H8F3N3S/c12-11(13,14)9-7-3-15-4-8(7)16-10(17-9)6-1-2-18-5-6/h1-2,5,15H,3-4H2. The lowest BCUT2D eigenvalue weighted by Crippen LogP contribution is -2.14. The minimum Gasteiger partial charge on any atom is -0.307 e. The van der Waals surface area contributed by atoms with Gasteiger partial charge in [-0.05, 0) is 11.4 Å². The van der Waals surface area contributed by atoms with Gasteiger partial charge in [0.15, 0.2) is 11.5 Å². The van der Waals surface area contributed by atoms with E-state index < -0.39 is 11.9 Å². The lowest BCUT2D eigenvalue weighted by molar-refractivity contribution is -0.141. The van der Waals surface area contributed by atoms with Crippen LogP contribution in [-0.2, 0) is 19.3 Å². The molecule has 1 N–H and O–H groups in total. The number of hydrogen-bond acceptors (Lipinski definition) is 4. The Morgan fingerprint density at radius 2 is 2.06 bits per heavy atom. The van der Waals surface area contributed by atoms with Crippen molar-refractivity contribution in [3.63, 3.8) is 0 Å². The third-order valence-corrected chi connectivity index (χ3v) is 3.42. The summed E-state index contributed by atoms with van der Waals surface area (Å²) in [6.07, 6.45) is -4.44. The Hall–Kier alpha value is -1.47. The van der Waals surface area contributed by atoms with Gasteiger partial charge in [-0.2, -0.15) is 24.5 Å². The van der Waals surface area contributed by atoms with Crippen molar-refractivity contribution in [3.05, 3.63) is 33.8 Å². The molecule has 18 heavy (non-hydrogen) atoms. The van der Waals surface area contributed by atoms with Crippen molar-refractivity contribution in [2.75, 3.05) is 0 Å². The highest BCUT2D eigenvalue weighted by atomic mass is 32.1. The highest BCUT2D eigenvalue weighted by Crippen LogP contribution is 2.34. The van der Waals surface area contributed by atoms with Crippen LogP contribution in [0.3, 0.4) is 0 Å². The first-order valence-electron chi connectivity index (χ1n) is 5.26. The molecule has 0 fully saturated rings. The SMILES string of the molecule is FC(F)(F)c1nc(-c2ccsc2)nc2c1CNC2. The van der Waals surface area contributed by atoms with Gasteiger partial charge in [0.1, 0.15) is 0 Å². The van der Waals surface area contributed by atoms with Crippen molar-refractivity contribution in [3.8, 4) is 11.4 Å². The summed E-state index contributed by atoms with van der Waals surface area (Å²) in [5.74, 6) is 0.144. The number of alkyl halides is 3. The minimum absolute atomic E-state index is 0.144. The van der Waals surface area contributed by atoms with Gasteiger partial charge in [0.25, 0.3) is 0 Å². The van der Waals surface area contributed by atoms with Gasteiger partial charge in [0.05, 0.1) is 5.69 Å². The van der Waals surface area contributed by atoms with E-state index in [2.05, 4.69) is 15.3 Å². The van der Waals surface area contributed by atoms with Crippen LogP contribution in [0.15, 0.2) is 16.8 Å². The first kappa shape index (κ1) is 11.6. The third-order valence-electron chi connectivity index (χ3n) is 2.73. The van der Waals surface area contributed by atoms with Crippen molar-refractivity contribution in [1.29, 1.82) is 0 Å². The number of halogens is 3. The average molecular weight is 271 g/mol. The normalized spacial score (nSPS) is 14.8. The van der Waals surface area contributed by atoms with Gasteiger partial charge in [-0.3, -0.25) is 0 Å². The molecule has 2 aromatic rings. The quantitative estimate of drug-likeness (QED) is 0.866. The van der Waals surface area contributed by atoms with Crippen molar-refractivity contribution in [1.82, 2.24) is 15.3 Å². The third kappa shape index (κ3) is 1.89. The van der Waals surface area contributed by atoms with Crippen LogP contribution < -0.4 is 5.32 Å². The molecule has 0 bridgehead atoms. The van der Waals surface area contributed by atoms with E-state index in [1.807, 2.05) is 0 Å². The number of hydrogen-bond donors (Lipinski definition) is 1. The van der Waals surface area contributed by atoms with E-state index in [-0.39, 0.29) is 17.9 Å². The van der Waals surface area contributed by atoms with Crippen LogP contribution in [0.5, 0.6) is 0 Å². The van der Waals surface area contributed by atoms with Crippen LogP contribution >= 0.6 is 11.3 Å². The Morgan fingerprint density at radius 1 is 1.22 bits per heavy atom. The molecule has 1 aliphatic heterocycles. The number of nitrogens with one attached hydrogen (secondary N) is 1. The zero-order valence-electron chi connectivity index (χ0n) is 9.08. The van der Waals surface area contributed by atoms with Crippen LogP contribution in [0.25, 0.3) is 11.4 Å². The molecule has 3 rings (SSSR count). The summed E-state index contributed by atoms with van der Waals surface area (Å²) >= 11 is 1.40. The minimum atomic E-state index is -4.44. The number of nitrogens with zero attached hydrogens (tertiary/aromatic N) is 2. The van der Waals surface area contributed by atoms with Gasteiger partial charge >= 0.3 is 6.18 Å². The van der Waals surface area contributed by atoms with E-state index >= 15 is 0 Å². The zero-order chi connectivity index (χ0) is 12.8. The molecule has 0 aliphatic carbocycles. The van der Waals surface area contributed by atoms with E-state index in [0.29, 0.717) is 17.8 Å². The summed E-state index contributed by atoms with van der Waals surface area (Å²) in [5.41, 5.74) is 0.416. The maximum Gasteiger partial charge on any atom is 0.433 e. The van der Waals surface area contributed by atoms with Gasteiger partial charge < -0.3 is 5.32 Å². The molecular formula is C11H8F3N3S. The Balaban J connectivity index is 2.20. The van der Waals surface area contributed by atoms with Crippen LogP contribution in [0.2, 0.25) is 0 Å². The molecular weight excluding hydrogens is 263 g/mol. The zero-order valence-corrected chi connectivity index (χ0v) is 9.90. The lowest BCUT2D eigenvalue weighted by atomic mass is 10.1. The van der Waals surface area contributed by atoms with E-state index in [0.717, 1.165) is 0 Å². The second-order valence-corrected chi connectivity index (χ2v) is 4.71. The summed E-state index contributed by atoms with van der Waals surface area (Å²) in [6.45, 7) is 0.534. The highest BCUT2D eigenvalue weighted by molar-refractivity contribution is 7.08. The second kappa shape index (κ2) is 4.03. The van der Waals surface area contributed by atoms with E-state index in [9.17, 15) is 13.2 Å². The molecule has 0 saturated heterocycles. The second-order valence-electron chi connectivity index (χ2n) is 3.93. The summed E-state index contributed by atoms with van der Waals surface area (Å²) in [4.78, 5) is 7.89. The van der Waals surface area contributed by atoms with E-state index in [1.54, 1.807) is 16.8 Å². The van der Waals surface area contributed by atoms with Crippen LogP contribution in [-0.4, -0.2) is 9.97 Å². The molecule has 0 spiro atoms. The predicted molar refractivity (Wildman–Crippen MR) is 60.9 cm³/mol. The van der Waals surface area contributed by atoms with Crippen LogP contribution in [0.4, 0.5) is 13.2 Å². The van der Waals surface area contributed by atoms with Gasteiger partial charge in [-0.25, -0.2) is 9.97 Å². The Morgan fingerprint density at radius 3 is 2.72 bits per heavy atom. The number of thiophene rings is 1. The molecule has 3 nitrogen and oxygen atoms in total. The van der Waals surface area contributed by atoms with Crippen LogP contribution in [0.1, 0.15) is 17.0 Å². The van der Waals surface area contributed by atoms with Gasteiger partial charge in [0.2, 0.25) is 0 Å². The number of aromatic nitrogens is 2. The Kier molecular flexibility index (Phi) is 2.60. The van der Waals surface area contributed by atoms with Crippen molar-refractivity contribution >= 4 is 11.3 Å². The molecule has 7 heteroatoms. The molecule has 0 saturated carbocycles. The molecule has 2 aromatic heterocycles. The van der Waals surface area contributed by atoms with Gasteiger partial charge in [-0.1, -0.05) is 0 Å². The molecule has 0 atom stereocenters. The fraction of sp³-hybridized carbons (Fsp3) is 0.273. The van der Waals surface area contributed by atoms with Crippen molar-refractivity contribution in [2.45, 2.75) is 19.3 Å². The fourth-order valence-electron chi connectivity index (χ4n) is 1.92. The smallest absolute Gasteiger partial charge is 0.307 e. The fourth-order valence-corrected chi connectivity index (χ4v) is 2.56. The van der Waals surface area contributed by atoms with Gasteiger partial charge in [0, 0.05) is 29.6 Å². The largest absolute Gasteiger partial charge is 0.433 e. The molecule has 0 unspecified atom stereocenters. The maximum atomic E-state index is 12.9. The maximum absolute atomic E-state index is 12.9. The molecule has 0 aromatic carbocycles. The molecule has 1 aliphatic rings. The van der Waals surface area contributed by atoms with E-state index in [1.165, 1.54) is 11.3 Å². The number of fused-ring (bicyclic) bond motifs is 1. The van der Waals surface area contributed by atoms with E-state index in [4.69, 9.17) is 0 Å². The topological polar surface area (TPSA) is 37.8 Å². The van der Waals surface area contributed by atoms with Crippen molar-refractivity contribution < 1.29 is 13.2 Å². The highest BCUT2D eigenvalue weighted by Gasteiger charge is 2.38. The molecule has 0 amide bonds. The van der Waals surface area contributed by atoms with Gasteiger partial charge in [-0.15, -0.1) is 0 Å². The first-order chi connectivity index (χ1) is 8.55. The average Bonchev–Trinajstić information content (AvgIpc) is 2.97. The van der Waals surface area contributed by atoms with Crippen LogP contribution in [0, 0.1) is 0 Å². The summed E-state index contributed by atoms with van der Waals surface area (Å²) < 4.78 is 38.8. The molecule has 0 radical (unpaired) electrons. The Labute approximate surface area is 105 Å². The predicted octanol–water partition coefficient (Wildman–Crippen LogP) is 2.83. The summed E-state index contributed by atoms with van der Waals surface area (Å²) in [5, 5.41) is 6.40. The summed E-state index contributed by atoms with van der Waals surface area (Å²) in [7, 11) is 0. The monoisotopic (exact) mass is 271 g/mol. The van der Waals surface area contributed by atoms with Crippen molar-refractivity contribution in [2.24, 2.45) is 0 Å². The molecule has 94 valence electrons. The summed E-state index contributed by atoms with van der Waals surface area (Å²) in [6, 6.07) is 1.72. The number of rotatable bonds is 1. The lowest BCUT2D eigenvalue weighted by Gasteiger charge is -2.11.